The second-order valence-corrected chi connectivity index (χ2v) is 5.77. The van der Waals surface area contributed by atoms with E-state index in [1.807, 2.05) is 6.26 Å². The number of nitrogens with one attached hydrogen (secondary N) is 1. The van der Waals surface area contributed by atoms with Gasteiger partial charge in [0.05, 0.1) is 17.1 Å². The van der Waals surface area contributed by atoms with E-state index in [0.717, 1.165) is 11.3 Å². The molecule has 1 aromatic carbocycles. The standard InChI is InChI=1S/C13H16N2O4S/c1-20-9-3-4-11(15(18)19)10(7-9)12(17)14-13(8-16)5-2-6-13/h3-4,7,16H,2,5-6,8H2,1H3,(H,14,17). The molecule has 0 aromatic heterocycles. The number of hydrogen-bond donors (Lipinski definition) is 2. The number of rotatable bonds is 5. The molecule has 108 valence electrons. The van der Waals surface area contributed by atoms with E-state index in [1.165, 1.54) is 23.9 Å². The first kappa shape index (κ1) is 14.8. The van der Waals surface area contributed by atoms with Gasteiger partial charge in [-0.3, -0.25) is 14.9 Å². The van der Waals surface area contributed by atoms with Gasteiger partial charge < -0.3 is 10.4 Å². The van der Waals surface area contributed by atoms with Crippen LogP contribution in [-0.4, -0.2) is 34.3 Å². The van der Waals surface area contributed by atoms with Crippen LogP contribution in [0.1, 0.15) is 29.6 Å². The van der Waals surface area contributed by atoms with Crippen molar-refractivity contribution in [3.63, 3.8) is 0 Å². The van der Waals surface area contributed by atoms with Gasteiger partial charge in [0.25, 0.3) is 11.6 Å². The maximum atomic E-state index is 12.3. The van der Waals surface area contributed by atoms with E-state index in [4.69, 9.17) is 0 Å². The lowest BCUT2D eigenvalue weighted by Crippen LogP contribution is -2.56. The topological polar surface area (TPSA) is 92.5 Å². The van der Waals surface area contributed by atoms with Crippen molar-refractivity contribution in [2.75, 3.05) is 12.9 Å². The van der Waals surface area contributed by atoms with E-state index >= 15 is 0 Å². The monoisotopic (exact) mass is 296 g/mol. The van der Waals surface area contributed by atoms with Gasteiger partial charge in [0.15, 0.2) is 0 Å². The summed E-state index contributed by atoms with van der Waals surface area (Å²) in [5.41, 5.74) is -0.783. The van der Waals surface area contributed by atoms with Crippen molar-refractivity contribution in [1.29, 1.82) is 0 Å². The van der Waals surface area contributed by atoms with Crippen LogP contribution in [0.3, 0.4) is 0 Å². The number of carbonyl (C=O) groups excluding carboxylic acids is 1. The van der Waals surface area contributed by atoms with Gasteiger partial charge in [-0.1, -0.05) is 0 Å². The zero-order chi connectivity index (χ0) is 14.8. The summed E-state index contributed by atoms with van der Waals surface area (Å²) in [5, 5.41) is 23.1. The van der Waals surface area contributed by atoms with Crippen LogP contribution in [-0.2, 0) is 0 Å². The Morgan fingerprint density at radius 1 is 1.55 bits per heavy atom. The second-order valence-electron chi connectivity index (χ2n) is 4.89. The van der Waals surface area contributed by atoms with E-state index in [-0.39, 0.29) is 17.9 Å². The van der Waals surface area contributed by atoms with Crippen molar-refractivity contribution in [3.05, 3.63) is 33.9 Å². The van der Waals surface area contributed by atoms with Crippen LogP contribution in [0.2, 0.25) is 0 Å². The molecule has 0 aliphatic heterocycles. The summed E-state index contributed by atoms with van der Waals surface area (Å²) in [4.78, 5) is 23.5. The summed E-state index contributed by atoms with van der Waals surface area (Å²) in [5.74, 6) is -0.499. The van der Waals surface area contributed by atoms with E-state index in [9.17, 15) is 20.0 Å². The van der Waals surface area contributed by atoms with Crippen LogP contribution < -0.4 is 5.32 Å². The number of aliphatic hydroxyl groups is 1. The third kappa shape index (κ3) is 2.78. The molecule has 2 N–H and O–H groups in total. The molecule has 0 radical (unpaired) electrons. The largest absolute Gasteiger partial charge is 0.394 e. The van der Waals surface area contributed by atoms with Crippen molar-refractivity contribution < 1.29 is 14.8 Å². The van der Waals surface area contributed by atoms with Crippen molar-refractivity contribution in [1.82, 2.24) is 5.32 Å². The number of nitro benzene ring substituents is 1. The number of hydrogen-bond acceptors (Lipinski definition) is 5. The van der Waals surface area contributed by atoms with Gasteiger partial charge in [0, 0.05) is 11.0 Å². The number of nitro groups is 1. The molecular formula is C13H16N2O4S. The highest BCUT2D eigenvalue weighted by molar-refractivity contribution is 7.98. The summed E-state index contributed by atoms with van der Waals surface area (Å²) < 4.78 is 0. The zero-order valence-electron chi connectivity index (χ0n) is 11.1. The Bertz CT molecular complexity index is 538. The predicted molar refractivity (Wildman–Crippen MR) is 76.0 cm³/mol. The van der Waals surface area contributed by atoms with Gasteiger partial charge >= 0.3 is 0 Å². The molecule has 20 heavy (non-hydrogen) atoms. The first-order chi connectivity index (χ1) is 9.51. The fourth-order valence-corrected chi connectivity index (χ4v) is 2.66. The van der Waals surface area contributed by atoms with Crippen molar-refractivity contribution in [2.45, 2.75) is 29.7 Å². The molecule has 2 rings (SSSR count). The molecule has 0 heterocycles. The average molecular weight is 296 g/mol. The third-order valence-corrected chi connectivity index (χ3v) is 4.36. The summed E-state index contributed by atoms with van der Waals surface area (Å²) in [6, 6.07) is 4.47. The van der Waals surface area contributed by atoms with Gasteiger partial charge in [0.1, 0.15) is 5.56 Å². The molecule has 1 aliphatic carbocycles. The fraction of sp³-hybridized carbons (Fsp3) is 0.462. The third-order valence-electron chi connectivity index (χ3n) is 3.64. The molecular weight excluding hydrogens is 280 g/mol. The van der Waals surface area contributed by atoms with Crippen LogP contribution in [0.4, 0.5) is 5.69 Å². The van der Waals surface area contributed by atoms with Gasteiger partial charge in [-0.05, 0) is 37.7 Å². The summed E-state index contributed by atoms with van der Waals surface area (Å²) >= 11 is 1.41. The van der Waals surface area contributed by atoms with Gasteiger partial charge in [-0.25, -0.2) is 0 Å². The van der Waals surface area contributed by atoms with Crippen LogP contribution in [0, 0.1) is 10.1 Å². The predicted octanol–water partition coefficient (Wildman–Crippen LogP) is 1.96. The van der Waals surface area contributed by atoms with Crippen LogP contribution in [0.25, 0.3) is 0 Å². The maximum Gasteiger partial charge on any atom is 0.282 e. The molecule has 6 nitrogen and oxygen atoms in total. The lowest BCUT2D eigenvalue weighted by atomic mass is 9.77. The summed E-state index contributed by atoms with van der Waals surface area (Å²) in [7, 11) is 0. The Morgan fingerprint density at radius 2 is 2.25 bits per heavy atom. The first-order valence-electron chi connectivity index (χ1n) is 6.27. The van der Waals surface area contributed by atoms with E-state index in [2.05, 4.69) is 5.32 Å². The smallest absolute Gasteiger partial charge is 0.282 e. The number of aliphatic hydroxyl groups excluding tert-OH is 1. The lowest BCUT2D eigenvalue weighted by molar-refractivity contribution is -0.385. The normalized spacial score (nSPS) is 16.3. The maximum absolute atomic E-state index is 12.3. The molecule has 0 atom stereocenters. The van der Waals surface area contributed by atoms with Gasteiger partial charge in [-0.2, -0.15) is 0 Å². The fourth-order valence-electron chi connectivity index (χ4n) is 2.22. The van der Waals surface area contributed by atoms with E-state index in [1.54, 1.807) is 6.07 Å². The molecule has 0 unspecified atom stereocenters. The SMILES string of the molecule is CSc1ccc([N+](=O)[O-])c(C(=O)NC2(CO)CCC2)c1. The number of nitrogens with zero attached hydrogens (tertiary/aromatic N) is 1. The van der Waals surface area contributed by atoms with Crippen molar-refractivity contribution in [3.8, 4) is 0 Å². The molecule has 0 saturated heterocycles. The number of thioether (sulfide) groups is 1. The molecule has 7 heteroatoms. The molecule has 0 spiro atoms. The first-order valence-corrected chi connectivity index (χ1v) is 7.49. The average Bonchev–Trinajstić information content (AvgIpc) is 2.41. The highest BCUT2D eigenvalue weighted by Crippen LogP contribution is 2.32. The lowest BCUT2D eigenvalue weighted by Gasteiger charge is -2.40. The molecule has 1 amide bonds. The Balaban J connectivity index is 2.30. The highest BCUT2D eigenvalue weighted by Gasteiger charge is 2.38. The number of amides is 1. The molecule has 1 fully saturated rings. The quantitative estimate of drug-likeness (QED) is 0.492. The molecule has 1 aliphatic rings. The molecule has 0 bridgehead atoms. The van der Waals surface area contributed by atoms with Crippen molar-refractivity contribution >= 4 is 23.4 Å². The Kier molecular flexibility index (Phi) is 4.29. The number of carbonyl (C=O) groups is 1. The van der Waals surface area contributed by atoms with Crippen molar-refractivity contribution in [2.24, 2.45) is 0 Å². The minimum atomic E-state index is -0.611. The molecule has 1 aromatic rings. The van der Waals surface area contributed by atoms with E-state index in [0.29, 0.717) is 12.8 Å². The highest BCUT2D eigenvalue weighted by atomic mass is 32.2. The Labute approximate surface area is 120 Å². The zero-order valence-corrected chi connectivity index (χ0v) is 11.9. The summed E-state index contributed by atoms with van der Waals surface area (Å²) in [6.07, 6.45) is 4.17. The minimum absolute atomic E-state index is 0.0431. The van der Waals surface area contributed by atoms with E-state index < -0.39 is 16.4 Å². The van der Waals surface area contributed by atoms with Crippen LogP contribution in [0.5, 0.6) is 0 Å². The minimum Gasteiger partial charge on any atom is -0.394 e. The van der Waals surface area contributed by atoms with Gasteiger partial charge in [0.2, 0.25) is 0 Å². The Morgan fingerprint density at radius 3 is 2.70 bits per heavy atom. The summed E-state index contributed by atoms with van der Waals surface area (Å²) in [6.45, 7) is -0.144. The molecule has 1 saturated carbocycles. The van der Waals surface area contributed by atoms with Crippen LogP contribution in [0.15, 0.2) is 23.1 Å². The van der Waals surface area contributed by atoms with Crippen LogP contribution >= 0.6 is 11.8 Å². The number of benzene rings is 1. The van der Waals surface area contributed by atoms with Gasteiger partial charge in [-0.15, -0.1) is 11.8 Å². The second kappa shape index (κ2) is 5.80. The Hall–Kier alpha value is -1.60.